The fourth-order valence-electron chi connectivity index (χ4n) is 2.86. The summed E-state index contributed by atoms with van der Waals surface area (Å²) >= 11 is 0. The van der Waals surface area contributed by atoms with Crippen molar-refractivity contribution in [3.05, 3.63) is 24.3 Å². The SMILES string of the molecule is CCCCCCP(CCCCCC)CCC1C=CC=C1. The monoisotopic (exact) mass is 294 g/mol. The second kappa shape index (κ2) is 12.6. The lowest BCUT2D eigenvalue weighted by molar-refractivity contribution is 0.693. The number of hydrogen-bond acceptors (Lipinski definition) is 0. The lowest BCUT2D eigenvalue weighted by Crippen LogP contribution is -2.00. The minimum atomic E-state index is 0.322. The summed E-state index contributed by atoms with van der Waals surface area (Å²) in [5.74, 6) is 0.756. The molecule has 0 radical (unpaired) electrons. The molecule has 0 saturated carbocycles. The van der Waals surface area contributed by atoms with E-state index >= 15 is 0 Å². The smallest absolute Gasteiger partial charge is 0.00439 e. The van der Waals surface area contributed by atoms with Gasteiger partial charge in [-0.05, 0) is 43.7 Å². The van der Waals surface area contributed by atoms with Crippen molar-refractivity contribution in [2.45, 2.75) is 71.6 Å². The van der Waals surface area contributed by atoms with Crippen molar-refractivity contribution in [3.63, 3.8) is 0 Å². The molecule has 0 nitrogen and oxygen atoms in total. The predicted molar refractivity (Wildman–Crippen MR) is 96.2 cm³/mol. The summed E-state index contributed by atoms with van der Waals surface area (Å²) in [6.45, 7) is 4.62. The molecular formula is C19H35P. The van der Waals surface area contributed by atoms with E-state index in [4.69, 9.17) is 0 Å². The van der Waals surface area contributed by atoms with Gasteiger partial charge in [0.15, 0.2) is 0 Å². The van der Waals surface area contributed by atoms with E-state index in [2.05, 4.69) is 38.2 Å². The molecule has 0 unspecified atom stereocenters. The van der Waals surface area contributed by atoms with Crippen LogP contribution >= 0.6 is 7.92 Å². The van der Waals surface area contributed by atoms with Crippen LogP contribution < -0.4 is 0 Å². The van der Waals surface area contributed by atoms with E-state index in [9.17, 15) is 0 Å². The van der Waals surface area contributed by atoms with Crippen LogP contribution in [0.15, 0.2) is 24.3 Å². The van der Waals surface area contributed by atoms with Gasteiger partial charge in [0.1, 0.15) is 0 Å². The van der Waals surface area contributed by atoms with E-state index in [0.29, 0.717) is 7.92 Å². The van der Waals surface area contributed by atoms with Gasteiger partial charge in [-0.15, -0.1) is 7.92 Å². The molecule has 20 heavy (non-hydrogen) atoms. The van der Waals surface area contributed by atoms with Crippen LogP contribution in [0.25, 0.3) is 0 Å². The summed E-state index contributed by atoms with van der Waals surface area (Å²) in [6.07, 6.45) is 26.7. The van der Waals surface area contributed by atoms with Crippen LogP contribution in [-0.2, 0) is 0 Å². The third-order valence-electron chi connectivity index (χ3n) is 4.26. The summed E-state index contributed by atoms with van der Waals surface area (Å²) in [5.41, 5.74) is 0. The van der Waals surface area contributed by atoms with E-state index in [-0.39, 0.29) is 0 Å². The molecule has 0 heterocycles. The zero-order chi connectivity index (χ0) is 14.5. The minimum absolute atomic E-state index is 0.322. The van der Waals surface area contributed by atoms with Gasteiger partial charge in [-0.25, -0.2) is 0 Å². The maximum atomic E-state index is 2.38. The fourth-order valence-corrected chi connectivity index (χ4v) is 5.54. The Balaban J connectivity index is 2.17. The van der Waals surface area contributed by atoms with E-state index in [0.717, 1.165) is 5.92 Å². The van der Waals surface area contributed by atoms with E-state index in [1.807, 2.05) is 0 Å². The van der Waals surface area contributed by atoms with Crippen molar-refractivity contribution >= 4 is 7.92 Å². The zero-order valence-electron chi connectivity index (χ0n) is 13.8. The average Bonchev–Trinajstić information content (AvgIpc) is 2.97. The van der Waals surface area contributed by atoms with E-state index < -0.39 is 0 Å². The van der Waals surface area contributed by atoms with Gasteiger partial charge in [-0.1, -0.05) is 76.7 Å². The molecule has 116 valence electrons. The normalized spacial score (nSPS) is 14.8. The largest absolute Gasteiger partial charge is 0.107 e. The molecule has 0 aromatic rings. The molecule has 0 saturated heterocycles. The molecule has 0 aliphatic heterocycles. The number of rotatable bonds is 13. The van der Waals surface area contributed by atoms with Crippen molar-refractivity contribution in [2.24, 2.45) is 5.92 Å². The first-order valence-electron chi connectivity index (χ1n) is 8.94. The maximum absolute atomic E-state index is 2.38. The van der Waals surface area contributed by atoms with Gasteiger partial charge >= 0.3 is 0 Å². The van der Waals surface area contributed by atoms with Gasteiger partial charge in [0.05, 0.1) is 0 Å². The standard InChI is InChI=1S/C19H35P/c1-3-5-7-11-16-20(17-12-8-6-4-2)18-15-19-13-9-10-14-19/h9-10,13-14,19H,3-8,11-12,15-18H2,1-2H3. The molecule has 1 aliphatic carbocycles. The van der Waals surface area contributed by atoms with Crippen LogP contribution in [0.5, 0.6) is 0 Å². The Labute approximate surface area is 128 Å². The molecule has 1 rings (SSSR count). The Hall–Kier alpha value is -0.0900. The fraction of sp³-hybridized carbons (Fsp3) is 0.789. The van der Waals surface area contributed by atoms with Crippen molar-refractivity contribution < 1.29 is 0 Å². The zero-order valence-corrected chi connectivity index (χ0v) is 14.7. The first-order valence-corrected chi connectivity index (χ1v) is 10.8. The average molecular weight is 294 g/mol. The Kier molecular flexibility index (Phi) is 11.3. The number of unbranched alkanes of at least 4 members (excludes halogenated alkanes) is 6. The van der Waals surface area contributed by atoms with Crippen LogP contribution in [0.4, 0.5) is 0 Å². The summed E-state index contributed by atoms with van der Waals surface area (Å²) < 4.78 is 0. The predicted octanol–water partition coefficient (Wildman–Crippen LogP) is 6.76. The quantitative estimate of drug-likeness (QED) is 0.260. The molecule has 0 aromatic heterocycles. The molecule has 0 bridgehead atoms. The highest BCUT2D eigenvalue weighted by atomic mass is 31.1. The van der Waals surface area contributed by atoms with Crippen molar-refractivity contribution in [1.29, 1.82) is 0 Å². The van der Waals surface area contributed by atoms with Crippen molar-refractivity contribution in [1.82, 2.24) is 0 Å². The molecule has 0 fully saturated rings. The molecule has 0 N–H and O–H groups in total. The third kappa shape index (κ3) is 8.96. The summed E-state index contributed by atoms with van der Waals surface area (Å²) in [5, 5.41) is 0. The molecule has 1 heteroatoms. The Morgan fingerprint density at radius 3 is 1.75 bits per heavy atom. The minimum Gasteiger partial charge on any atom is -0.107 e. The number of hydrogen-bond donors (Lipinski definition) is 0. The summed E-state index contributed by atoms with van der Waals surface area (Å²) in [7, 11) is 0.322. The third-order valence-corrected chi connectivity index (χ3v) is 7.05. The Morgan fingerprint density at radius 2 is 1.25 bits per heavy atom. The van der Waals surface area contributed by atoms with E-state index in [1.165, 1.54) is 63.9 Å². The molecule has 0 aromatic carbocycles. The van der Waals surface area contributed by atoms with Gasteiger partial charge < -0.3 is 0 Å². The highest BCUT2D eigenvalue weighted by Gasteiger charge is 2.11. The topological polar surface area (TPSA) is 0 Å². The van der Waals surface area contributed by atoms with Crippen LogP contribution in [0.3, 0.4) is 0 Å². The van der Waals surface area contributed by atoms with E-state index in [1.54, 1.807) is 12.3 Å². The number of allylic oxidation sites excluding steroid dienone is 4. The van der Waals surface area contributed by atoms with Crippen LogP contribution in [0.2, 0.25) is 0 Å². The molecular weight excluding hydrogens is 259 g/mol. The first kappa shape index (κ1) is 18.0. The van der Waals surface area contributed by atoms with Crippen LogP contribution in [-0.4, -0.2) is 18.5 Å². The molecule has 0 spiro atoms. The first-order chi connectivity index (χ1) is 9.86. The highest BCUT2D eigenvalue weighted by molar-refractivity contribution is 7.57. The summed E-state index contributed by atoms with van der Waals surface area (Å²) in [6, 6.07) is 0. The van der Waals surface area contributed by atoms with Gasteiger partial charge in [0.2, 0.25) is 0 Å². The molecule has 0 atom stereocenters. The van der Waals surface area contributed by atoms with Gasteiger partial charge in [0, 0.05) is 0 Å². The van der Waals surface area contributed by atoms with Gasteiger partial charge in [-0.3, -0.25) is 0 Å². The lowest BCUT2D eigenvalue weighted by Gasteiger charge is -2.19. The van der Waals surface area contributed by atoms with Crippen LogP contribution in [0, 0.1) is 5.92 Å². The Morgan fingerprint density at radius 1 is 0.700 bits per heavy atom. The van der Waals surface area contributed by atoms with Crippen molar-refractivity contribution in [2.75, 3.05) is 18.5 Å². The highest BCUT2D eigenvalue weighted by Crippen LogP contribution is 2.40. The van der Waals surface area contributed by atoms with Gasteiger partial charge in [0.25, 0.3) is 0 Å². The summed E-state index contributed by atoms with van der Waals surface area (Å²) in [4.78, 5) is 0. The second-order valence-electron chi connectivity index (χ2n) is 6.19. The Bertz CT molecular complexity index is 243. The molecule has 0 amide bonds. The van der Waals surface area contributed by atoms with Crippen LogP contribution in [0.1, 0.15) is 71.6 Å². The maximum Gasteiger partial charge on any atom is -0.00439 e. The molecule has 1 aliphatic rings. The van der Waals surface area contributed by atoms with Gasteiger partial charge in [-0.2, -0.15) is 0 Å². The lowest BCUT2D eigenvalue weighted by atomic mass is 10.1. The van der Waals surface area contributed by atoms with Crippen molar-refractivity contribution in [3.8, 4) is 0 Å². The second-order valence-corrected chi connectivity index (χ2v) is 8.87.